The second kappa shape index (κ2) is 5.24. The summed E-state index contributed by atoms with van der Waals surface area (Å²) in [5.74, 6) is -0.475. The Morgan fingerprint density at radius 3 is 2.55 bits per heavy atom. The van der Waals surface area contributed by atoms with Gasteiger partial charge in [-0.05, 0) is 39.0 Å². The maximum atomic E-state index is 13.3. The number of sulfonamides is 1. The SMILES string of the molecule is CCN(c1cccc(F)c1)S(=O)(=O)c1c(C)n[nH]c1C. The van der Waals surface area contributed by atoms with E-state index >= 15 is 0 Å². The lowest BCUT2D eigenvalue weighted by Gasteiger charge is -2.23. The number of hydrogen-bond donors (Lipinski definition) is 1. The Labute approximate surface area is 117 Å². The molecular weight excluding hydrogens is 281 g/mol. The van der Waals surface area contributed by atoms with Crippen LogP contribution in [0.15, 0.2) is 29.2 Å². The van der Waals surface area contributed by atoms with Crippen molar-refractivity contribution in [3.63, 3.8) is 0 Å². The molecule has 7 heteroatoms. The summed E-state index contributed by atoms with van der Waals surface area (Å²) in [6, 6.07) is 5.52. The molecule has 0 atom stereocenters. The van der Waals surface area contributed by atoms with Gasteiger partial charge < -0.3 is 0 Å². The first-order valence-corrected chi connectivity index (χ1v) is 7.61. The molecule has 0 aliphatic carbocycles. The summed E-state index contributed by atoms with van der Waals surface area (Å²) in [7, 11) is -3.77. The van der Waals surface area contributed by atoms with Crippen LogP contribution in [0.3, 0.4) is 0 Å². The van der Waals surface area contributed by atoms with Crippen molar-refractivity contribution < 1.29 is 12.8 Å². The van der Waals surface area contributed by atoms with Gasteiger partial charge in [0.15, 0.2) is 0 Å². The van der Waals surface area contributed by atoms with E-state index in [1.165, 1.54) is 22.5 Å². The van der Waals surface area contributed by atoms with Crippen LogP contribution < -0.4 is 4.31 Å². The van der Waals surface area contributed by atoms with Crippen LogP contribution in [0.25, 0.3) is 0 Å². The van der Waals surface area contributed by atoms with Crippen molar-refractivity contribution in [1.29, 1.82) is 0 Å². The molecule has 1 aromatic carbocycles. The number of aryl methyl sites for hydroxylation is 2. The van der Waals surface area contributed by atoms with Crippen molar-refractivity contribution in [1.82, 2.24) is 10.2 Å². The minimum Gasteiger partial charge on any atom is -0.281 e. The van der Waals surface area contributed by atoms with E-state index < -0.39 is 15.8 Å². The van der Waals surface area contributed by atoms with Crippen molar-refractivity contribution in [3.05, 3.63) is 41.5 Å². The van der Waals surface area contributed by atoms with Gasteiger partial charge in [0, 0.05) is 6.54 Å². The Morgan fingerprint density at radius 2 is 2.05 bits per heavy atom. The number of halogens is 1. The highest BCUT2D eigenvalue weighted by Gasteiger charge is 2.29. The molecule has 0 radical (unpaired) electrons. The summed E-state index contributed by atoms with van der Waals surface area (Å²) in [6.45, 7) is 5.17. The molecule has 2 aromatic rings. The average molecular weight is 297 g/mol. The van der Waals surface area contributed by atoms with Crippen molar-refractivity contribution in [2.24, 2.45) is 0 Å². The lowest BCUT2D eigenvalue weighted by atomic mass is 10.3. The van der Waals surface area contributed by atoms with Gasteiger partial charge in [-0.1, -0.05) is 6.07 Å². The van der Waals surface area contributed by atoms with Crippen molar-refractivity contribution in [3.8, 4) is 0 Å². The number of anilines is 1. The van der Waals surface area contributed by atoms with Crippen LogP contribution in [0.1, 0.15) is 18.3 Å². The Hall–Kier alpha value is -1.89. The maximum absolute atomic E-state index is 13.3. The molecule has 108 valence electrons. The van der Waals surface area contributed by atoms with Gasteiger partial charge in [-0.15, -0.1) is 0 Å². The van der Waals surface area contributed by atoms with Gasteiger partial charge >= 0.3 is 0 Å². The quantitative estimate of drug-likeness (QED) is 0.942. The molecule has 0 saturated carbocycles. The third-order valence-electron chi connectivity index (χ3n) is 2.99. The van der Waals surface area contributed by atoms with Crippen molar-refractivity contribution in [2.75, 3.05) is 10.8 Å². The van der Waals surface area contributed by atoms with E-state index in [4.69, 9.17) is 0 Å². The van der Waals surface area contributed by atoms with E-state index in [0.29, 0.717) is 17.1 Å². The minimum absolute atomic E-state index is 0.142. The third-order valence-corrected chi connectivity index (χ3v) is 5.16. The molecule has 5 nitrogen and oxygen atoms in total. The van der Waals surface area contributed by atoms with Gasteiger partial charge in [0.25, 0.3) is 10.0 Å². The summed E-state index contributed by atoms with van der Waals surface area (Å²) >= 11 is 0. The number of H-pyrrole nitrogens is 1. The molecule has 0 aliphatic rings. The molecular formula is C13H16FN3O2S. The Kier molecular flexibility index (Phi) is 3.80. The molecule has 0 spiro atoms. The predicted molar refractivity (Wildman–Crippen MR) is 74.7 cm³/mol. The number of aromatic nitrogens is 2. The fourth-order valence-electron chi connectivity index (χ4n) is 2.15. The lowest BCUT2D eigenvalue weighted by molar-refractivity contribution is 0.590. The second-order valence-electron chi connectivity index (χ2n) is 4.41. The summed E-state index contributed by atoms with van der Waals surface area (Å²) in [5.41, 5.74) is 1.17. The maximum Gasteiger partial charge on any atom is 0.267 e. The van der Waals surface area contributed by atoms with Crippen LogP contribution in [0, 0.1) is 19.7 Å². The first-order valence-electron chi connectivity index (χ1n) is 6.17. The fraction of sp³-hybridized carbons (Fsp3) is 0.308. The average Bonchev–Trinajstić information content (AvgIpc) is 2.70. The van der Waals surface area contributed by atoms with Crippen LogP contribution >= 0.6 is 0 Å². The number of nitrogens with one attached hydrogen (secondary N) is 1. The number of aromatic amines is 1. The summed E-state index contributed by atoms with van der Waals surface area (Å²) in [4.78, 5) is 0.142. The smallest absolute Gasteiger partial charge is 0.267 e. The second-order valence-corrected chi connectivity index (χ2v) is 6.21. The van der Waals surface area contributed by atoms with Gasteiger partial charge in [0.05, 0.1) is 17.1 Å². The monoisotopic (exact) mass is 297 g/mol. The molecule has 20 heavy (non-hydrogen) atoms. The van der Waals surface area contributed by atoms with Gasteiger partial charge in [-0.25, -0.2) is 12.8 Å². The zero-order chi connectivity index (χ0) is 14.9. The molecule has 0 bridgehead atoms. The first kappa shape index (κ1) is 14.5. The van der Waals surface area contributed by atoms with E-state index in [0.717, 1.165) is 0 Å². The lowest BCUT2D eigenvalue weighted by Crippen LogP contribution is -2.31. The van der Waals surface area contributed by atoms with Crippen LogP contribution in [-0.4, -0.2) is 25.2 Å². The molecule has 0 aliphatic heterocycles. The van der Waals surface area contributed by atoms with Crippen molar-refractivity contribution >= 4 is 15.7 Å². The highest BCUT2D eigenvalue weighted by Crippen LogP contribution is 2.26. The third kappa shape index (κ3) is 2.40. The van der Waals surface area contributed by atoms with E-state index in [2.05, 4.69) is 10.2 Å². The van der Waals surface area contributed by atoms with Crippen molar-refractivity contribution in [2.45, 2.75) is 25.7 Å². The van der Waals surface area contributed by atoms with Gasteiger partial charge in [-0.2, -0.15) is 5.10 Å². The summed E-state index contributed by atoms with van der Waals surface area (Å²) < 4.78 is 39.9. The molecule has 0 saturated heterocycles. The number of nitrogens with zero attached hydrogens (tertiary/aromatic N) is 2. The Morgan fingerprint density at radius 1 is 1.35 bits per heavy atom. The highest BCUT2D eigenvalue weighted by molar-refractivity contribution is 7.93. The Bertz CT molecular complexity index is 705. The zero-order valence-electron chi connectivity index (χ0n) is 11.5. The fourth-order valence-corrected chi connectivity index (χ4v) is 3.96. The first-order chi connectivity index (χ1) is 9.37. The molecule has 0 fully saturated rings. The zero-order valence-corrected chi connectivity index (χ0v) is 12.3. The number of benzene rings is 1. The standard InChI is InChI=1S/C13H16FN3O2S/c1-4-17(12-7-5-6-11(14)8-12)20(18,19)13-9(2)15-16-10(13)3/h5-8H,4H2,1-3H3,(H,15,16). The number of rotatable bonds is 4. The van der Waals surface area contributed by atoms with Crippen LogP contribution in [0.4, 0.5) is 10.1 Å². The Balaban J connectivity index is 2.57. The van der Waals surface area contributed by atoms with E-state index in [9.17, 15) is 12.8 Å². The summed E-state index contributed by atoms with van der Waals surface area (Å²) in [5, 5.41) is 6.56. The highest BCUT2D eigenvalue weighted by atomic mass is 32.2. The minimum atomic E-state index is -3.77. The number of hydrogen-bond acceptors (Lipinski definition) is 3. The predicted octanol–water partition coefficient (Wildman–Crippen LogP) is 2.38. The van der Waals surface area contributed by atoms with Gasteiger partial charge in [-0.3, -0.25) is 9.40 Å². The van der Waals surface area contributed by atoms with E-state index in [-0.39, 0.29) is 11.4 Å². The van der Waals surface area contributed by atoms with Gasteiger partial charge in [0.2, 0.25) is 0 Å². The topological polar surface area (TPSA) is 66.1 Å². The molecule has 2 rings (SSSR count). The molecule has 0 unspecified atom stereocenters. The molecule has 1 aromatic heterocycles. The molecule has 1 N–H and O–H groups in total. The van der Waals surface area contributed by atoms with Crippen LogP contribution in [-0.2, 0) is 10.0 Å². The summed E-state index contributed by atoms with van der Waals surface area (Å²) in [6.07, 6.45) is 0. The molecule has 1 heterocycles. The van der Waals surface area contributed by atoms with Crippen LogP contribution in [0.2, 0.25) is 0 Å². The van der Waals surface area contributed by atoms with Gasteiger partial charge in [0.1, 0.15) is 10.7 Å². The van der Waals surface area contributed by atoms with E-state index in [1.807, 2.05) is 0 Å². The largest absolute Gasteiger partial charge is 0.281 e. The van der Waals surface area contributed by atoms with E-state index in [1.54, 1.807) is 26.8 Å². The van der Waals surface area contributed by atoms with Crippen LogP contribution in [0.5, 0.6) is 0 Å². The molecule has 0 amide bonds. The normalized spacial score (nSPS) is 11.6.